The van der Waals surface area contributed by atoms with Crippen LogP contribution < -0.4 is 0 Å². The molecular formula is C12H19F3O3. The van der Waals surface area contributed by atoms with Gasteiger partial charge in [0.2, 0.25) is 0 Å². The highest BCUT2D eigenvalue weighted by atomic mass is 19.4. The van der Waals surface area contributed by atoms with Gasteiger partial charge >= 0.3 is 6.18 Å². The lowest BCUT2D eigenvalue weighted by atomic mass is 10.2. The number of alkyl halides is 3. The minimum atomic E-state index is -4.43. The summed E-state index contributed by atoms with van der Waals surface area (Å²) < 4.78 is 52.4. The largest absolute Gasteiger partial charge is 0.414 e. The van der Waals surface area contributed by atoms with E-state index in [9.17, 15) is 13.2 Å². The van der Waals surface area contributed by atoms with Crippen LogP contribution in [0.1, 0.15) is 13.3 Å². The molecule has 0 aromatic heterocycles. The van der Waals surface area contributed by atoms with E-state index in [0.717, 1.165) is 6.08 Å². The summed E-state index contributed by atoms with van der Waals surface area (Å²) in [6.45, 7) is 8.69. The van der Waals surface area contributed by atoms with Crippen LogP contribution in [0, 0.1) is 0 Å². The Morgan fingerprint density at radius 2 is 1.94 bits per heavy atom. The molecule has 0 spiro atoms. The molecule has 6 heteroatoms. The molecule has 0 saturated carbocycles. The second-order valence-corrected chi connectivity index (χ2v) is 3.55. The van der Waals surface area contributed by atoms with Crippen LogP contribution >= 0.6 is 0 Å². The van der Waals surface area contributed by atoms with Gasteiger partial charge in [-0.3, -0.25) is 0 Å². The second-order valence-electron chi connectivity index (χ2n) is 3.55. The van der Waals surface area contributed by atoms with E-state index < -0.39 is 18.6 Å². The predicted octanol–water partition coefficient (Wildman–Crippen LogP) is 3.08. The molecule has 0 N–H and O–H groups in total. The number of halogens is 3. The molecule has 0 aromatic carbocycles. The third kappa shape index (κ3) is 6.18. The zero-order chi connectivity index (χ0) is 14.2. The van der Waals surface area contributed by atoms with E-state index in [-0.39, 0.29) is 13.0 Å². The molecule has 0 amide bonds. The number of methoxy groups -OCH3 is 1. The maximum atomic E-state index is 12.5. The van der Waals surface area contributed by atoms with Gasteiger partial charge in [0.15, 0.2) is 12.4 Å². The number of rotatable bonds is 9. The lowest BCUT2D eigenvalue weighted by Gasteiger charge is -2.22. The van der Waals surface area contributed by atoms with Crippen LogP contribution in [-0.4, -0.2) is 38.9 Å². The zero-order valence-electron chi connectivity index (χ0n) is 10.6. The fraction of sp³-hybridized carbons (Fsp3) is 0.667. The molecule has 3 nitrogen and oxygen atoms in total. The lowest BCUT2D eigenvalue weighted by Crippen LogP contribution is -2.33. The fourth-order valence-corrected chi connectivity index (χ4v) is 1.23. The maximum Gasteiger partial charge on any atom is 0.414 e. The van der Waals surface area contributed by atoms with Crippen LogP contribution in [0.4, 0.5) is 13.2 Å². The van der Waals surface area contributed by atoms with Crippen molar-refractivity contribution in [3.63, 3.8) is 0 Å². The van der Waals surface area contributed by atoms with Gasteiger partial charge in [0.25, 0.3) is 0 Å². The molecule has 0 aliphatic carbocycles. The minimum absolute atomic E-state index is 0.281. The van der Waals surface area contributed by atoms with Crippen molar-refractivity contribution in [3.8, 4) is 0 Å². The highest BCUT2D eigenvalue weighted by Gasteiger charge is 2.39. The third-order valence-corrected chi connectivity index (χ3v) is 2.08. The van der Waals surface area contributed by atoms with E-state index in [2.05, 4.69) is 13.2 Å². The molecule has 106 valence electrons. The van der Waals surface area contributed by atoms with Gasteiger partial charge in [0.1, 0.15) is 0 Å². The van der Waals surface area contributed by atoms with Gasteiger partial charge in [-0.25, -0.2) is 0 Å². The topological polar surface area (TPSA) is 27.7 Å². The van der Waals surface area contributed by atoms with Gasteiger partial charge in [0, 0.05) is 25.7 Å². The highest BCUT2D eigenvalue weighted by Crippen LogP contribution is 2.26. The second kappa shape index (κ2) is 8.29. The Morgan fingerprint density at radius 1 is 1.33 bits per heavy atom. The molecule has 2 unspecified atom stereocenters. The highest BCUT2D eigenvalue weighted by molar-refractivity contribution is 4.99. The molecule has 0 heterocycles. The van der Waals surface area contributed by atoms with Crippen LogP contribution in [-0.2, 0) is 14.2 Å². The summed E-state index contributed by atoms with van der Waals surface area (Å²) in [6.07, 6.45) is -6.21. The summed E-state index contributed by atoms with van der Waals surface area (Å²) in [7, 11) is 1.39. The van der Waals surface area contributed by atoms with Gasteiger partial charge < -0.3 is 14.2 Å². The summed E-state index contributed by atoms with van der Waals surface area (Å²) >= 11 is 0. The van der Waals surface area contributed by atoms with Crippen molar-refractivity contribution in [2.45, 2.75) is 31.9 Å². The fourth-order valence-electron chi connectivity index (χ4n) is 1.23. The Hall–Kier alpha value is -0.850. The van der Waals surface area contributed by atoms with Crippen LogP contribution in [0.5, 0.6) is 0 Å². The molecule has 0 bridgehead atoms. The minimum Gasteiger partial charge on any atom is -0.364 e. The summed E-state index contributed by atoms with van der Waals surface area (Å²) in [5.41, 5.74) is 0.303. The van der Waals surface area contributed by atoms with Crippen LogP contribution in [0.25, 0.3) is 0 Å². The van der Waals surface area contributed by atoms with Crippen molar-refractivity contribution in [2.24, 2.45) is 0 Å². The molecule has 0 aliphatic rings. The average Bonchev–Trinajstić information content (AvgIpc) is 2.29. The average molecular weight is 268 g/mol. The molecule has 0 aromatic rings. The number of hydrogen-bond acceptors (Lipinski definition) is 3. The molecule has 0 fully saturated rings. The SMILES string of the molecule is C=CCC(OCC(=C)C(OC)OCC)C(F)(F)F. The first-order valence-electron chi connectivity index (χ1n) is 5.48. The van der Waals surface area contributed by atoms with E-state index >= 15 is 0 Å². The Balaban J connectivity index is 4.34. The molecule has 18 heavy (non-hydrogen) atoms. The van der Waals surface area contributed by atoms with Gasteiger partial charge in [-0.2, -0.15) is 13.2 Å². The monoisotopic (exact) mass is 268 g/mol. The summed E-state index contributed by atoms with van der Waals surface area (Å²) in [6, 6.07) is 0. The van der Waals surface area contributed by atoms with E-state index in [1.165, 1.54) is 7.11 Å². The van der Waals surface area contributed by atoms with Crippen molar-refractivity contribution in [1.82, 2.24) is 0 Å². The Morgan fingerprint density at radius 3 is 2.33 bits per heavy atom. The van der Waals surface area contributed by atoms with Crippen molar-refractivity contribution < 1.29 is 27.4 Å². The van der Waals surface area contributed by atoms with Crippen molar-refractivity contribution in [3.05, 3.63) is 24.8 Å². The van der Waals surface area contributed by atoms with Crippen molar-refractivity contribution >= 4 is 0 Å². The van der Waals surface area contributed by atoms with Gasteiger partial charge in [0.05, 0.1) is 6.61 Å². The van der Waals surface area contributed by atoms with Crippen LogP contribution in [0.2, 0.25) is 0 Å². The Labute approximate surface area is 105 Å². The molecule has 0 radical (unpaired) electrons. The first kappa shape index (κ1) is 17.2. The van der Waals surface area contributed by atoms with Crippen molar-refractivity contribution in [2.75, 3.05) is 20.3 Å². The Bertz CT molecular complexity index is 264. The number of ether oxygens (including phenoxy) is 3. The van der Waals surface area contributed by atoms with Crippen molar-refractivity contribution in [1.29, 1.82) is 0 Å². The maximum absolute atomic E-state index is 12.5. The van der Waals surface area contributed by atoms with Gasteiger partial charge in [-0.1, -0.05) is 12.7 Å². The first-order chi connectivity index (χ1) is 8.36. The van der Waals surface area contributed by atoms with E-state index in [0.29, 0.717) is 12.2 Å². The smallest absolute Gasteiger partial charge is 0.364 e. The standard InChI is InChI=1S/C12H19F3O3/c1-5-7-10(12(13,14)15)18-8-9(3)11(16-4)17-6-2/h5,10-11H,1,3,6-8H2,2,4H3. The van der Waals surface area contributed by atoms with E-state index in [1.807, 2.05) is 0 Å². The van der Waals surface area contributed by atoms with E-state index in [4.69, 9.17) is 14.2 Å². The van der Waals surface area contributed by atoms with Gasteiger partial charge in [-0.05, 0) is 6.92 Å². The molecule has 0 rings (SSSR count). The molecular weight excluding hydrogens is 249 g/mol. The molecule has 0 saturated heterocycles. The zero-order valence-corrected chi connectivity index (χ0v) is 10.6. The van der Waals surface area contributed by atoms with E-state index in [1.54, 1.807) is 6.92 Å². The van der Waals surface area contributed by atoms with Crippen LogP contribution in [0.15, 0.2) is 24.8 Å². The Kier molecular flexibility index (Phi) is 7.90. The molecule has 2 atom stereocenters. The normalized spacial score (nSPS) is 15.2. The summed E-state index contributed by atoms with van der Waals surface area (Å²) in [5.74, 6) is 0. The lowest BCUT2D eigenvalue weighted by molar-refractivity contribution is -0.218. The predicted molar refractivity (Wildman–Crippen MR) is 62.2 cm³/mol. The van der Waals surface area contributed by atoms with Crippen LogP contribution in [0.3, 0.4) is 0 Å². The first-order valence-corrected chi connectivity index (χ1v) is 5.48. The number of hydrogen-bond donors (Lipinski definition) is 0. The quantitative estimate of drug-likeness (QED) is 0.475. The molecule has 0 aliphatic heterocycles. The third-order valence-electron chi connectivity index (χ3n) is 2.08. The summed E-state index contributed by atoms with van der Waals surface area (Å²) in [5, 5.41) is 0. The van der Waals surface area contributed by atoms with Gasteiger partial charge in [-0.15, -0.1) is 6.58 Å². The summed E-state index contributed by atoms with van der Waals surface area (Å²) in [4.78, 5) is 0.